The Bertz CT molecular complexity index is 173. The van der Waals surface area contributed by atoms with Gasteiger partial charge in [0.2, 0.25) is 0 Å². The van der Waals surface area contributed by atoms with Crippen LogP contribution in [0.2, 0.25) is 0 Å². The van der Waals surface area contributed by atoms with Crippen molar-refractivity contribution >= 4 is 9.24 Å². The summed E-state index contributed by atoms with van der Waals surface area (Å²) >= 11 is 0. The molecule has 0 spiro atoms. The largest absolute Gasteiger partial charge is 0.395 e. The fraction of sp³-hybridized carbons (Fsp3) is 1.00. The first-order chi connectivity index (χ1) is 11.3. The molecule has 0 saturated heterocycles. The van der Waals surface area contributed by atoms with E-state index in [-0.39, 0.29) is 19.8 Å². The fourth-order valence-corrected chi connectivity index (χ4v) is 2.68. The zero-order chi connectivity index (χ0) is 17.6. The van der Waals surface area contributed by atoms with Crippen molar-refractivity contribution in [2.75, 3.05) is 45.6 Å². The molecular formula is C18H42NO3P. The first-order valence-corrected chi connectivity index (χ1v) is 10.3. The van der Waals surface area contributed by atoms with E-state index in [0.29, 0.717) is 19.6 Å². The number of hydrogen-bond acceptors (Lipinski definition) is 4. The van der Waals surface area contributed by atoms with Gasteiger partial charge in [0.15, 0.2) is 0 Å². The standard InChI is InChI=1S/C12H27P.C6H15NO3/c1-2-3-4-5-6-7-8-9-10-11-12-13;8-4-1-7(2-5-9)3-6-10/h2-13H2,1H3;8-10H,1-6H2. The van der Waals surface area contributed by atoms with Crippen LogP contribution in [0.25, 0.3) is 0 Å². The molecular weight excluding hydrogens is 309 g/mol. The Balaban J connectivity index is 0. The van der Waals surface area contributed by atoms with Crippen molar-refractivity contribution in [3.8, 4) is 0 Å². The molecule has 0 bridgehead atoms. The van der Waals surface area contributed by atoms with E-state index in [1.807, 2.05) is 0 Å². The third kappa shape index (κ3) is 24.6. The minimum absolute atomic E-state index is 0.0694. The molecule has 0 aliphatic rings. The third-order valence-corrected chi connectivity index (χ3v) is 4.21. The van der Waals surface area contributed by atoms with Gasteiger partial charge in [-0.05, 0) is 12.6 Å². The lowest BCUT2D eigenvalue weighted by Gasteiger charge is -2.17. The first kappa shape index (κ1) is 25.5. The second-order valence-electron chi connectivity index (χ2n) is 5.98. The monoisotopic (exact) mass is 351 g/mol. The summed E-state index contributed by atoms with van der Waals surface area (Å²) in [5.41, 5.74) is 0. The molecule has 0 aliphatic carbocycles. The van der Waals surface area contributed by atoms with Gasteiger partial charge >= 0.3 is 0 Å². The van der Waals surface area contributed by atoms with E-state index in [0.717, 1.165) is 0 Å². The summed E-state index contributed by atoms with van der Waals surface area (Å²) in [5, 5.41) is 25.5. The summed E-state index contributed by atoms with van der Waals surface area (Å²) in [6.45, 7) is 4.03. The SMILES string of the molecule is CCCCCCCCCCCCP.OCCN(CCO)CCO. The Morgan fingerprint density at radius 2 is 0.957 bits per heavy atom. The number of aliphatic hydroxyl groups is 3. The zero-order valence-corrected chi connectivity index (χ0v) is 16.5. The van der Waals surface area contributed by atoms with Gasteiger partial charge in [0, 0.05) is 19.6 Å². The highest BCUT2D eigenvalue weighted by Crippen LogP contribution is 2.10. The number of hydrogen-bond donors (Lipinski definition) is 3. The van der Waals surface area contributed by atoms with Gasteiger partial charge in [-0.3, -0.25) is 4.90 Å². The molecule has 0 radical (unpaired) electrons. The van der Waals surface area contributed by atoms with Crippen molar-refractivity contribution in [1.82, 2.24) is 4.90 Å². The maximum Gasteiger partial charge on any atom is 0.0558 e. The van der Waals surface area contributed by atoms with Crippen molar-refractivity contribution in [2.45, 2.75) is 71.1 Å². The summed E-state index contributed by atoms with van der Waals surface area (Å²) in [7, 11) is 2.81. The minimum atomic E-state index is 0.0694. The first-order valence-electron chi connectivity index (χ1n) is 9.51. The van der Waals surface area contributed by atoms with E-state index in [9.17, 15) is 0 Å². The van der Waals surface area contributed by atoms with E-state index in [1.54, 1.807) is 4.90 Å². The Morgan fingerprint density at radius 3 is 1.26 bits per heavy atom. The summed E-state index contributed by atoms with van der Waals surface area (Å²) in [6, 6.07) is 0. The molecule has 0 fully saturated rings. The number of nitrogens with zero attached hydrogens (tertiary/aromatic N) is 1. The van der Waals surface area contributed by atoms with Crippen LogP contribution in [-0.2, 0) is 0 Å². The summed E-state index contributed by atoms with van der Waals surface area (Å²) < 4.78 is 0. The van der Waals surface area contributed by atoms with E-state index >= 15 is 0 Å². The van der Waals surface area contributed by atoms with Crippen LogP contribution in [-0.4, -0.2) is 65.8 Å². The van der Waals surface area contributed by atoms with Gasteiger partial charge in [-0.15, -0.1) is 9.24 Å². The molecule has 0 aromatic rings. The van der Waals surface area contributed by atoms with Gasteiger partial charge in [-0.1, -0.05) is 64.7 Å². The maximum absolute atomic E-state index is 8.48. The molecule has 0 aromatic carbocycles. The van der Waals surface area contributed by atoms with Crippen LogP contribution in [0.4, 0.5) is 0 Å². The van der Waals surface area contributed by atoms with Crippen molar-refractivity contribution in [3.05, 3.63) is 0 Å². The molecule has 1 atom stereocenters. The van der Waals surface area contributed by atoms with Crippen molar-refractivity contribution in [2.24, 2.45) is 0 Å². The van der Waals surface area contributed by atoms with Crippen LogP contribution < -0.4 is 0 Å². The van der Waals surface area contributed by atoms with Crippen LogP contribution in [0.3, 0.4) is 0 Å². The maximum atomic E-state index is 8.48. The molecule has 0 rings (SSSR count). The van der Waals surface area contributed by atoms with Gasteiger partial charge in [0.05, 0.1) is 19.8 Å². The lowest BCUT2D eigenvalue weighted by atomic mass is 10.1. The van der Waals surface area contributed by atoms with Gasteiger partial charge in [-0.25, -0.2) is 0 Å². The summed E-state index contributed by atoms with van der Waals surface area (Å²) in [5.74, 6) is 0. The lowest BCUT2D eigenvalue weighted by Crippen LogP contribution is -2.32. The normalized spacial score (nSPS) is 10.7. The Hall–Kier alpha value is 0.270. The molecule has 0 aromatic heterocycles. The van der Waals surface area contributed by atoms with Gasteiger partial charge in [-0.2, -0.15) is 0 Å². The van der Waals surface area contributed by atoms with Crippen LogP contribution in [0.1, 0.15) is 71.1 Å². The van der Waals surface area contributed by atoms with Gasteiger partial charge in [0.25, 0.3) is 0 Å². The van der Waals surface area contributed by atoms with Crippen LogP contribution >= 0.6 is 9.24 Å². The smallest absolute Gasteiger partial charge is 0.0558 e. The highest BCUT2D eigenvalue weighted by molar-refractivity contribution is 7.16. The Kier molecular flexibility index (Phi) is 27.2. The molecule has 4 nitrogen and oxygen atoms in total. The molecule has 3 N–H and O–H groups in total. The van der Waals surface area contributed by atoms with Crippen LogP contribution in [0, 0.1) is 0 Å². The van der Waals surface area contributed by atoms with Crippen molar-refractivity contribution in [1.29, 1.82) is 0 Å². The summed E-state index contributed by atoms with van der Waals surface area (Å²) in [4.78, 5) is 1.79. The predicted octanol–water partition coefficient (Wildman–Crippen LogP) is 3.05. The highest BCUT2D eigenvalue weighted by atomic mass is 31.0. The van der Waals surface area contributed by atoms with Crippen LogP contribution in [0.5, 0.6) is 0 Å². The van der Waals surface area contributed by atoms with E-state index < -0.39 is 0 Å². The quantitative estimate of drug-likeness (QED) is 0.295. The third-order valence-electron chi connectivity index (χ3n) is 3.81. The zero-order valence-electron chi connectivity index (χ0n) is 15.4. The highest BCUT2D eigenvalue weighted by Gasteiger charge is 2.00. The molecule has 0 aliphatic heterocycles. The van der Waals surface area contributed by atoms with Gasteiger partial charge in [0.1, 0.15) is 0 Å². The molecule has 23 heavy (non-hydrogen) atoms. The molecule has 0 heterocycles. The van der Waals surface area contributed by atoms with Crippen molar-refractivity contribution < 1.29 is 15.3 Å². The van der Waals surface area contributed by atoms with Gasteiger partial charge < -0.3 is 15.3 Å². The Morgan fingerprint density at radius 1 is 0.609 bits per heavy atom. The fourth-order valence-electron chi connectivity index (χ4n) is 2.39. The molecule has 142 valence electrons. The predicted molar refractivity (Wildman–Crippen MR) is 104 cm³/mol. The second-order valence-corrected chi connectivity index (χ2v) is 6.56. The summed E-state index contributed by atoms with van der Waals surface area (Å²) in [6.07, 6.45) is 15.7. The Labute approximate surface area is 146 Å². The topological polar surface area (TPSA) is 63.9 Å². The molecule has 5 heteroatoms. The second kappa shape index (κ2) is 24.5. The number of rotatable bonds is 16. The average Bonchev–Trinajstić information content (AvgIpc) is 2.55. The lowest BCUT2D eigenvalue weighted by molar-refractivity contribution is 0.136. The van der Waals surface area contributed by atoms with E-state index in [4.69, 9.17) is 15.3 Å². The molecule has 0 amide bonds. The van der Waals surface area contributed by atoms with Crippen LogP contribution in [0.15, 0.2) is 0 Å². The minimum Gasteiger partial charge on any atom is -0.395 e. The molecule has 0 saturated carbocycles. The molecule has 1 unspecified atom stereocenters. The van der Waals surface area contributed by atoms with Crippen molar-refractivity contribution in [3.63, 3.8) is 0 Å². The van der Waals surface area contributed by atoms with E-state index in [2.05, 4.69) is 16.2 Å². The number of aliphatic hydroxyl groups excluding tert-OH is 3. The average molecular weight is 352 g/mol. The number of unbranched alkanes of at least 4 members (excludes halogenated alkanes) is 9. The van der Waals surface area contributed by atoms with E-state index in [1.165, 1.54) is 70.4 Å².